The lowest BCUT2D eigenvalue weighted by Gasteiger charge is -2.03. The van der Waals surface area contributed by atoms with E-state index < -0.39 is 11.6 Å². The maximum Gasteiger partial charge on any atom is 0.206 e. The average molecular weight is 301 g/mol. The summed E-state index contributed by atoms with van der Waals surface area (Å²) in [5.74, 6) is -1.28. The van der Waals surface area contributed by atoms with Crippen molar-refractivity contribution in [1.29, 1.82) is 0 Å². The van der Waals surface area contributed by atoms with Crippen LogP contribution in [0.2, 0.25) is 0 Å². The molecule has 1 aromatic carbocycles. The van der Waals surface area contributed by atoms with Crippen molar-refractivity contribution in [2.75, 3.05) is 5.32 Å². The van der Waals surface area contributed by atoms with Gasteiger partial charge in [-0.05, 0) is 19.9 Å². The van der Waals surface area contributed by atoms with Gasteiger partial charge in [-0.1, -0.05) is 35.2 Å². The number of halogens is 2. The summed E-state index contributed by atoms with van der Waals surface area (Å²) in [5.41, 5.74) is 0.332. The molecule has 7 heteroatoms. The predicted octanol–water partition coefficient (Wildman–Crippen LogP) is 3.93. The Morgan fingerprint density at radius 2 is 2.11 bits per heavy atom. The molecule has 0 saturated carbocycles. The zero-order valence-corrected chi connectivity index (χ0v) is 12.1. The molecule has 0 atom stereocenters. The highest BCUT2D eigenvalue weighted by Gasteiger charge is 2.10. The van der Waals surface area contributed by atoms with E-state index in [1.54, 1.807) is 6.07 Å². The normalized spacial score (nSPS) is 11.0. The fourth-order valence-electron chi connectivity index (χ4n) is 1.37. The predicted molar refractivity (Wildman–Crippen MR) is 74.6 cm³/mol. The molecule has 1 N–H and O–H groups in total. The van der Waals surface area contributed by atoms with Crippen molar-refractivity contribution >= 4 is 28.2 Å². The number of nitrogens with zero attached hydrogens (tertiary/aromatic N) is 2. The van der Waals surface area contributed by atoms with Crippen LogP contribution in [0.25, 0.3) is 0 Å². The number of benzene rings is 1. The van der Waals surface area contributed by atoms with E-state index in [4.69, 9.17) is 0 Å². The Bertz CT molecular complexity index is 558. The smallest absolute Gasteiger partial charge is 0.206 e. The van der Waals surface area contributed by atoms with Crippen LogP contribution < -0.4 is 5.32 Å². The molecule has 0 aliphatic rings. The number of rotatable bonds is 5. The molecule has 0 amide bonds. The second-order valence-corrected chi connectivity index (χ2v) is 6.37. The molecule has 3 nitrogen and oxygen atoms in total. The third-order valence-corrected chi connectivity index (χ3v) is 4.24. The van der Waals surface area contributed by atoms with Crippen molar-refractivity contribution in [1.82, 2.24) is 10.2 Å². The van der Waals surface area contributed by atoms with Crippen LogP contribution in [-0.2, 0) is 5.75 Å². The number of thioether (sulfide) groups is 1. The molecule has 0 fully saturated rings. The maximum atomic E-state index is 13.4. The largest absolute Gasteiger partial charge is 0.358 e. The molecule has 19 heavy (non-hydrogen) atoms. The third kappa shape index (κ3) is 3.87. The first-order valence-electron chi connectivity index (χ1n) is 5.72. The molecule has 2 rings (SSSR count). The first-order valence-corrected chi connectivity index (χ1v) is 7.52. The van der Waals surface area contributed by atoms with E-state index in [1.165, 1.54) is 29.2 Å². The lowest BCUT2D eigenvalue weighted by Crippen LogP contribution is -2.08. The molecule has 102 valence electrons. The molecule has 1 aromatic heterocycles. The molecule has 0 aliphatic heterocycles. The fraction of sp³-hybridized carbons (Fsp3) is 0.333. The van der Waals surface area contributed by atoms with Crippen LogP contribution in [0, 0.1) is 11.6 Å². The van der Waals surface area contributed by atoms with E-state index in [-0.39, 0.29) is 6.04 Å². The van der Waals surface area contributed by atoms with Crippen LogP contribution in [0.4, 0.5) is 13.9 Å². The standard InChI is InChI=1S/C12H13F2N3S2/c1-7(2)15-11-16-17-12(19-11)18-6-8-4-3-5-9(13)10(8)14/h3-5,7H,6H2,1-2H3,(H,15,16). The minimum atomic E-state index is -0.822. The summed E-state index contributed by atoms with van der Waals surface area (Å²) < 4.78 is 27.2. The second kappa shape index (κ2) is 6.29. The summed E-state index contributed by atoms with van der Waals surface area (Å²) in [5, 5.41) is 11.8. The topological polar surface area (TPSA) is 37.8 Å². The molecular weight excluding hydrogens is 288 g/mol. The minimum Gasteiger partial charge on any atom is -0.358 e. The van der Waals surface area contributed by atoms with Crippen molar-refractivity contribution in [2.45, 2.75) is 30.0 Å². The zero-order valence-electron chi connectivity index (χ0n) is 10.5. The van der Waals surface area contributed by atoms with Gasteiger partial charge in [0.1, 0.15) is 0 Å². The number of hydrogen-bond acceptors (Lipinski definition) is 5. The van der Waals surface area contributed by atoms with E-state index in [2.05, 4.69) is 15.5 Å². The van der Waals surface area contributed by atoms with Gasteiger partial charge in [0.15, 0.2) is 16.0 Å². The van der Waals surface area contributed by atoms with Gasteiger partial charge in [0.05, 0.1) is 0 Å². The van der Waals surface area contributed by atoms with E-state index in [0.717, 1.165) is 15.5 Å². The molecule has 0 spiro atoms. The Balaban J connectivity index is 1.98. The van der Waals surface area contributed by atoms with Gasteiger partial charge in [0, 0.05) is 17.4 Å². The zero-order chi connectivity index (χ0) is 13.8. The van der Waals surface area contributed by atoms with Crippen molar-refractivity contribution in [2.24, 2.45) is 0 Å². The van der Waals surface area contributed by atoms with Gasteiger partial charge < -0.3 is 5.32 Å². The van der Waals surface area contributed by atoms with E-state index in [1.807, 2.05) is 13.8 Å². The van der Waals surface area contributed by atoms with Crippen LogP contribution >= 0.6 is 23.1 Å². The summed E-state index contributed by atoms with van der Waals surface area (Å²) in [6, 6.07) is 4.46. The summed E-state index contributed by atoms with van der Waals surface area (Å²) in [6.07, 6.45) is 0. The Kier molecular flexibility index (Phi) is 4.71. The molecule has 0 unspecified atom stereocenters. The van der Waals surface area contributed by atoms with E-state index >= 15 is 0 Å². The third-order valence-electron chi connectivity index (χ3n) is 2.20. The fourth-order valence-corrected chi connectivity index (χ4v) is 3.25. The summed E-state index contributed by atoms with van der Waals surface area (Å²) in [7, 11) is 0. The van der Waals surface area contributed by atoms with Gasteiger partial charge in [0.2, 0.25) is 5.13 Å². The number of nitrogens with one attached hydrogen (secondary N) is 1. The first kappa shape index (κ1) is 14.2. The number of anilines is 1. The van der Waals surface area contributed by atoms with Crippen LogP contribution in [0.3, 0.4) is 0 Å². The molecule has 0 saturated heterocycles. The minimum absolute atomic E-state index is 0.284. The second-order valence-electron chi connectivity index (χ2n) is 4.17. The Morgan fingerprint density at radius 3 is 2.84 bits per heavy atom. The monoisotopic (exact) mass is 301 g/mol. The van der Waals surface area contributed by atoms with Gasteiger partial charge in [-0.3, -0.25) is 0 Å². The maximum absolute atomic E-state index is 13.4. The highest BCUT2D eigenvalue weighted by molar-refractivity contribution is 8.00. The quantitative estimate of drug-likeness (QED) is 0.849. The molecular formula is C12H13F2N3S2. The van der Waals surface area contributed by atoms with Crippen molar-refractivity contribution < 1.29 is 8.78 Å². The van der Waals surface area contributed by atoms with Gasteiger partial charge in [-0.2, -0.15) is 0 Å². The molecule has 0 aliphatic carbocycles. The van der Waals surface area contributed by atoms with Crippen molar-refractivity contribution in [3.05, 3.63) is 35.4 Å². The Hall–Kier alpha value is -1.21. The SMILES string of the molecule is CC(C)Nc1nnc(SCc2cccc(F)c2F)s1. The highest BCUT2D eigenvalue weighted by Crippen LogP contribution is 2.29. The van der Waals surface area contributed by atoms with E-state index in [9.17, 15) is 8.78 Å². The van der Waals surface area contributed by atoms with Crippen LogP contribution in [0.1, 0.15) is 19.4 Å². The van der Waals surface area contributed by atoms with Gasteiger partial charge in [-0.25, -0.2) is 8.78 Å². The van der Waals surface area contributed by atoms with Gasteiger partial charge >= 0.3 is 0 Å². The molecule has 0 bridgehead atoms. The first-order chi connectivity index (χ1) is 9.06. The van der Waals surface area contributed by atoms with Crippen LogP contribution in [-0.4, -0.2) is 16.2 Å². The number of hydrogen-bond donors (Lipinski definition) is 1. The lowest BCUT2D eigenvalue weighted by molar-refractivity contribution is 0.502. The average Bonchev–Trinajstić information content (AvgIpc) is 2.78. The summed E-state index contributed by atoms with van der Waals surface area (Å²) in [6.45, 7) is 4.02. The number of aromatic nitrogens is 2. The Morgan fingerprint density at radius 1 is 1.32 bits per heavy atom. The van der Waals surface area contributed by atoms with Crippen molar-refractivity contribution in [3.63, 3.8) is 0 Å². The van der Waals surface area contributed by atoms with Crippen LogP contribution in [0.15, 0.2) is 22.5 Å². The molecule has 0 radical (unpaired) electrons. The summed E-state index contributed by atoms with van der Waals surface area (Å²) in [4.78, 5) is 0. The lowest BCUT2D eigenvalue weighted by atomic mass is 10.2. The van der Waals surface area contributed by atoms with E-state index in [0.29, 0.717) is 11.3 Å². The van der Waals surface area contributed by atoms with Gasteiger partial charge in [-0.15, -0.1) is 10.2 Å². The summed E-state index contributed by atoms with van der Waals surface area (Å²) >= 11 is 2.75. The van der Waals surface area contributed by atoms with Gasteiger partial charge in [0.25, 0.3) is 0 Å². The van der Waals surface area contributed by atoms with Crippen LogP contribution in [0.5, 0.6) is 0 Å². The Labute approximate surface area is 118 Å². The highest BCUT2D eigenvalue weighted by atomic mass is 32.2. The molecule has 1 heterocycles. The molecule has 2 aromatic rings. The van der Waals surface area contributed by atoms with Crippen molar-refractivity contribution in [3.8, 4) is 0 Å².